The fourth-order valence-corrected chi connectivity index (χ4v) is 4.44. The Morgan fingerprint density at radius 3 is 2.36 bits per heavy atom. The summed E-state index contributed by atoms with van der Waals surface area (Å²) in [6.45, 7) is 0.348. The monoisotopic (exact) mass is 330 g/mol. The summed E-state index contributed by atoms with van der Waals surface area (Å²) < 4.78 is 23.2. The zero-order valence-corrected chi connectivity index (χ0v) is 12.6. The third kappa shape index (κ3) is 4.01. The molecule has 9 heteroatoms. The molecule has 0 spiro atoms. The molecule has 2 N–H and O–H groups in total. The van der Waals surface area contributed by atoms with Crippen LogP contribution in [-0.2, 0) is 16.4 Å². The van der Waals surface area contributed by atoms with Gasteiger partial charge in [0.25, 0.3) is 5.69 Å². The van der Waals surface area contributed by atoms with Crippen molar-refractivity contribution in [2.24, 2.45) is 0 Å². The average molecular weight is 330 g/mol. The van der Waals surface area contributed by atoms with E-state index in [9.17, 15) is 23.6 Å². The van der Waals surface area contributed by atoms with Gasteiger partial charge in [-0.3, -0.25) is 15.0 Å². The Bertz CT molecular complexity index is 630. The lowest BCUT2D eigenvalue weighted by Gasteiger charge is -2.29. The number of hydrogen-bond donors (Lipinski definition) is 2. The predicted molar refractivity (Wildman–Crippen MR) is 79.0 cm³/mol. The Morgan fingerprint density at radius 1 is 1.27 bits per heavy atom. The molecule has 1 fully saturated rings. The zero-order chi connectivity index (χ0) is 16.3. The van der Waals surface area contributed by atoms with Crippen LogP contribution in [0.4, 0.5) is 5.69 Å². The zero-order valence-electron chi connectivity index (χ0n) is 11.8. The number of hydrogen-bond acceptors (Lipinski definition) is 7. The third-order valence-corrected chi connectivity index (χ3v) is 5.38. The van der Waals surface area contributed by atoms with Crippen LogP contribution in [0.5, 0.6) is 0 Å². The first-order valence-corrected chi connectivity index (χ1v) is 8.61. The highest BCUT2D eigenvalue weighted by molar-refractivity contribution is 7.91. The Morgan fingerprint density at radius 2 is 1.91 bits per heavy atom. The molecule has 122 valence electrons. The molecule has 8 nitrogen and oxygen atoms in total. The number of sulfone groups is 1. The lowest BCUT2D eigenvalue weighted by molar-refractivity contribution is -0.384. The fraction of sp³-hybridized carbons (Fsp3) is 0.538. The van der Waals surface area contributed by atoms with E-state index >= 15 is 0 Å². The second-order valence-corrected chi connectivity index (χ2v) is 7.48. The SMILES string of the molecule is O=[N+]([O-])c1ccc(CN(CCO)[C@@H]2CS(=O)(=O)C[C@@H]2O)cc1. The molecule has 1 saturated heterocycles. The Labute approximate surface area is 128 Å². The summed E-state index contributed by atoms with van der Waals surface area (Å²) in [6.07, 6.45) is -0.991. The molecule has 0 amide bonds. The molecule has 1 aliphatic rings. The van der Waals surface area contributed by atoms with Gasteiger partial charge in [0.1, 0.15) is 0 Å². The van der Waals surface area contributed by atoms with Crippen molar-refractivity contribution in [3.05, 3.63) is 39.9 Å². The van der Waals surface area contributed by atoms with Crippen LogP contribution < -0.4 is 0 Å². The van der Waals surface area contributed by atoms with Crippen molar-refractivity contribution >= 4 is 15.5 Å². The topological polar surface area (TPSA) is 121 Å². The van der Waals surface area contributed by atoms with Crippen LogP contribution in [0.2, 0.25) is 0 Å². The van der Waals surface area contributed by atoms with Crippen molar-refractivity contribution in [1.29, 1.82) is 0 Å². The number of rotatable bonds is 6. The highest BCUT2D eigenvalue weighted by Crippen LogP contribution is 2.21. The highest BCUT2D eigenvalue weighted by atomic mass is 32.2. The molecule has 0 unspecified atom stereocenters. The van der Waals surface area contributed by atoms with Gasteiger partial charge in [0, 0.05) is 25.2 Å². The molecule has 0 aromatic heterocycles. The summed E-state index contributed by atoms with van der Waals surface area (Å²) in [7, 11) is -3.28. The molecular weight excluding hydrogens is 312 g/mol. The van der Waals surface area contributed by atoms with Gasteiger partial charge >= 0.3 is 0 Å². The van der Waals surface area contributed by atoms with Gasteiger partial charge in [-0.2, -0.15) is 0 Å². The molecule has 1 aromatic carbocycles. The van der Waals surface area contributed by atoms with Crippen LogP contribution >= 0.6 is 0 Å². The van der Waals surface area contributed by atoms with Gasteiger partial charge in [-0.05, 0) is 5.56 Å². The Kier molecular flexibility index (Phi) is 5.12. The molecule has 0 radical (unpaired) electrons. The molecule has 1 aromatic rings. The molecule has 0 aliphatic carbocycles. The van der Waals surface area contributed by atoms with Crippen molar-refractivity contribution in [2.45, 2.75) is 18.7 Å². The van der Waals surface area contributed by atoms with Gasteiger partial charge in [-0.25, -0.2) is 8.42 Å². The first-order chi connectivity index (χ1) is 10.3. The van der Waals surface area contributed by atoms with Crippen LogP contribution in [0.25, 0.3) is 0 Å². The van der Waals surface area contributed by atoms with Crippen molar-refractivity contribution in [3.8, 4) is 0 Å². The third-order valence-electron chi connectivity index (χ3n) is 3.68. The molecule has 22 heavy (non-hydrogen) atoms. The van der Waals surface area contributed by atoms with Crippen molar-refractivity contribution in [2.75, 3.05) is 24.7 Å². The van der Waals surface area contributed by atoms with Crippen LogP contribution in [0, 0.1) is 10.1 Å². The lowest BCUT2D eigenvalue weighted by atomic mass is 10.1. The molecule has 1 heterocycles. The molecule has 0 bridgehead atoms. The number of benzene rings is 1. The van der Waals surface area contributed by atoms with E-state index in [0.717, 1.165) is 5.56 Å². The van der Waals surface area contributed by atoms with Crippen molar-refractivity contribution < 1.29 is 23.6 Å². The van der Waals surface area contributed by atoms with Gasteiger partial charge in [0.15, 0.2) is 9.84 Å². The quantitative estimate of drug-likeness (QED) is 0.535. The van der Waals surface area contributed by atoms with E-state index in [1.807, 2.05) is 0 Å². The minimum absolute atomic E-state index is 0.0269. The normalized spacial score (nSPS) is 23.8. The molecule has 0 saturated carbocycles. The van der Waals surface area contributed by atoms with E-state index < -0.39 is 26.9 Å². The first-order valence-electron chi connectivity index (χ1n) is 6.79. The maximum Gasteiger partial charge on any atom is 0.269 e. The van der Waals surface area contributed by atoms with E-state index in [-0.39, 0.29) is 30.3 Å². The Hall–Kier alpha value is -1.55. The second-order valence-electron chi connectivity index (χ2n) is 5.33. The summed E-state index contributed by atoms with van der Waals surface area (Å²) in [6, 6.07) is 5.33. The molecule has 1 aliphatic heterocycles. The van der Waals surface area contributed by atoms with Crippen LogP contribution in [0.3, 0.4) is 0 Å². The smallest absolute Gasteiger partial charge is 0.269 e. The van der Waals surface area contributed by atoms with Gasteiger partial charge in [0.05, 0.1) is 35.2 Å². The largest absolute Gasteiger partial charge is 0.395 e. The summed E-state index contributed by atoms with van der Waals surface area (Å²) in [5, 5.41) is 29.7. The minimum atomic E-state index is -3.28. The summed E-state index contributed by atoms with van der Waals surface area (Å²) in [5.41, 5.74) is 0.719. The van der Waals surface area contributed by atoms with E-state index in [0.29, 0.717) is 6.54 Å². The van der Waals surface area contributed by atoms with Crippen LogP contribution in [0.1, 0.15) is 5.56 Å². The summed E-state index contributed by atoms with van der Waals surface area (Å²) in [4.78, 5) is 11.8. The number of nitro groups is 1. The maximum atomic E-state index is 11.6. The number of non-ortho nitro benzene ring substituents is 1. The van der Waals surface area contributed by atoms with Crippen molar-refractivity contribution in [1.82, 2.24) is 4.90 Å². The number of nitrogens with zero attached hydrogens (tertiary/aromatic N) is 2. The van der Waals surface area contributed by atoms with Crippen molar-refractivity contribution in [3.63, 3.8) is 0 Å². The van der Waals surface area contributed by atoms with E-state index in [4.69, 9.17) is 5.11 Å². The molecule has 2 rings (SSSR count). The fourth-order valence-electron chi connectivity index (χ4n) is 2.61. The summed E-state index contributed by atoms with van der Waals surface area (Å²) in [5.74, 6) is -0.430. The lowest BCUT2D eigenvalue weighted by Crippen LogP contribution is -2.44. The van der Waals surface area contributed by atoms with E-state index in [1.165, 1.54) is 12.1 Å². The first kappa shape index (κ1) is 16.8. The standard InChI is InChI=1S/C13H18N2O6S/c16-6-5-14(12-8-22(20,21)9-13(12)17)7-10-1-3-11(4-2-10)15(18)19/h1-4,12-13,16-17H,5-9H2/t12-,13+/m1/s1. The minimum Gasteiger partial charge on any atom is -0.395 e. The number of aliphatic hydroxyl groups is 2. The van der Waals surface area contributed by atoms with Crippen LogP contribution in [0.15, 0.2) is 24.3 Å². The van der Waals surface area contributed by atoms with E-state index in [1.54, 1.807) is 17.0 Å². The molecular formula is C13H18N2O6S. The van der Waals surface area contributed by atoms with Crippen LogP contribution in [-0.4, -0.2) is 65.3 Å². The number of aliphatic hydroxyl groups excluding tert-OH is 2. The van der Waals surface area contributed by atoms with Gasteiger partial charge in [-0.1, -0.05) is 12.1 Å². The van der Waals surface area contributed by atoms with E-state index in [2.05, 4.69) is 0 Å². The van der Waals surface area contributed by atoms with Gasteiger partial charge in [0.2, 0.25) is 0 Å². The predicted octanol–water partition coefficient (Wildman–Crippen LogP) is -0.453. The van der Waals surface area contributed by atoms with Gasteiger partial charge in [-0.15, -0.1) is 0 Å². The maximum absolute atomic E-state index is 11.6. The Balaban J connectivity index is 2.13. The average Bonchev–Trinajstić information content (AvgIpc) is 2.72. The van der Waals surface area contributed by atoms with Gasteiger partial charge < -0.3 is 10.2 Å². The number of nitro benzene ring substituents is 1. The highest BCUT2D eigenvalue weighted by Gasteiger charge is 2.39. The second kappa shape index (κ2) is 6.69. The summed E-state index contributed by atoms with van der Waals surface area (Å²) >= 11 is 0. The molecule has 2 atom stereocenters.